The maximum Gasteiger partial charge on any atom is 0.136 e. The third-order valence-electron chi connectivity index (χ3n) is 23.9. The minimum Gasteiger partial charge on any atom is -0.456 e. The van der Waals surface area contributed by atoms with Crippen LogP contribution in [0, 0.1) is 0 Å². The van der Waals surface area contributed by atoms with Gasteiger partial charge in [0.2, 0.25) is 0 Å². The number of nitrogens with one attached hydrogen (secondary N) is 3. The van der Waals surface area contributed by atoms with E-state index in [0.29, 0.717) is 0 Å². The SMILES string of the molecule is CC1(C)c2ccccc2-c2ccc(Nc3ccc4oc5cc(-c6cccc(N(c7ccccc7)c7ccccc7)c6)ccc5c4c3)cc21.c1ccc(Nc2ccc3c(c2)sc2ccc(-c4ccc(N(c5ccccc5)c5ccccc5)cc4)cc23)cc1.c1ccc(Nc2ccc3sc4c(-c5ccc(N(c6ccccc6)c6ccccc6)cc5)cccc4c3c2)cc1. The van der Waals surface area contributed by atoms with E-state index in [1.165, 1.54) is 84.9 Å². The van der Waals surface area contributed by atoms with Crippen molar-refractivity contribution in [2.24, 2.45) is 0 Å². The first kappa shape index (κ1) is 77.5. The first-order chi connectivity index (χ1) is 62.2. The fourth-order valence-corrected chi connectivity index (χ4v) is 20.1. The quantitative estimate of drug-likeness (QED) is 0.0791. The molecule has 3 N–H and O–H groups in total. The van der Waals surface area contributed by atoms with Crippen molar-refractivity contribution in [2.75, 3.05) is 30.7 Å². The van der Waals surface area contributed by atoms with Crippen LogP contribution in [0.4, 0.5) is 85.3 Å². The fourth-order valence-electron chi connectivity index (χ4n) is 17.7. The molecular weight excluding hydrogens is 1570 g/mol. The van der Waals surface area contributed by atoms with E-state index in [1.54, 1.807) is 0 Å². The predicted octanol–water partition coefficient (Wildman–Crippen LogP) is 34.6. The number of furan rings is 1. The second-order valence-electron chi connectivity index (χ2n) is 32.2. The van der Waals surface area contributed by atoms with E-state index in [-0.39, 0.29) is 5.41 Å². The van der Waals surface area contributed by atoms with Gasteiger partial charge in [0.1, 0.15) is 11.2 Å². The van der Waals surface area contributed by atoms with Crippen molar-refractivity contribution in [3.63, 3.8) is 0 Å². The lowest BCUT2D eigenvalue weighted by Gasteiger charge is -2.25. The molecule has 23 rings (SSSR count). The highest BCUT2D eigenvalue weighted by Crippen LogP contribution is 2.51. The Morgan fingerprint density at radius 3 is 1.18 bits per heavy atom. The molecule has 0 aliphatic heterocycles. The van der Waals surface area contributed by atoms with Crippen LogP contribution in [-0.4, -0.2) is 0 Å². The summed E-state index contributed by atoms with van der Waals surface area (Å²) < 4.78 is 11.6. The topological polar surface area (TPSA) is 59.0 Å². The molecule has 0 amide bonds. The zero-order chi connectivity index (χ0) is 84.3. The van der Waals surface area contributed by atoms with Gasteiger partial charge in [0.25, 0.3) is 0 Å². The average molecular weight is 1660 g/mol. The Bertz CT molecular complexity index is 7500. The predicted molar refractivity (Wildman–Crippen MR) is 539 cm³/mol. The molecule has 0 radical (unpaired) electrons. The third kappa shape index (κ3) is 15.7. The Kier molecular flexibility index (Phi) is 21.1. The molecule has 0 saturated heterocycles. The smallest absolute Gasteiger partial charge is 0.136 e. The summed E-state index contributed by atoms with van der Waals surface area (Å²) in [5.41, 5.74) is 31.0. The largest absolute Gasteiger partial charge is 0.456 e. The standard InChI is InChI=1S/C45H34N2O.2C36H26N2S/c1-45(2)41-19-10-9-18-37(41)38-24-21-33(29-42(38)45)46-32-22-25-43-40(28-32)39-23-20-31(27-44(39)48-43)30-12-11-17-36(26-30)47(34-13-5-3-6-14-34)35-15-7-4-8-16-35;1-4-11-27(12-5-1)37-28-21-24-35-34(25-28)33-18-10-17-32(36(33)39-35)26-19-22-31(23-20-26)38(29-13-6-2-7-14-29)30-15-8-3-9-16-30;1-4-10-28(11-5-1)37-29-19-22-33-34-24-27(18-23-35(34)39-36(33)25-29)26-16-20-32(21-17-26)38(30-12-6-2-7-13-30)31-14-8-3-9-15-31/h3-29,46H,1-2H3;2*1-25,37H. The number of para-hydroxylation sites is 8. The molecule has 22 aromatic rings. The molecule has 19 aromatic carbocycles. The van der Waals surface area contributed by atoms with Crippen LogP contribution in [0.2, 0.25) is 0 Å². The Hall–Kier alpha value is -15.8. The zero-order valence-corrected chi connectivity index (χ0v) is 71.2. The summed E-state index contributed by atoms with van der Waals surface area (Å²) in [7, 11) is 0. The molecule has 126 heavy (non-hydrogen) atoms. The normalized spacial score (nSPS) is 11.8. The summed E-state index contributed by atoms with van der Waals surface area (Å²) in [4.78, 5) is 6.88. The highest BCUT2D eigenvalue weighted by Gasteiger charge is 2.35. The van der Waals surface area contributed by atoms with E-state index < -0.39 is 0 Å². The molecule has 3 aromatic heterocycles. The minimum atomic E-state index is -0.0348. The Morgan fingerprint density at radius 1 is 0.206 bits per heavy atom. The van der Waals surface area contributed by atoms with Crippen LogP contribution in [0.15, 0.2) is 472 Å². The van der Waals surface area contributed by atoms with Gasteiger partial charge in [-0.05, 0) is 274 Å². The molecular formula is C117H86N6OS2. The fraction of sp³-hybridized carbons (Fsp3) is 0.0256. The second kappa shape index (κ2) is 34.3. The highest BCUT2D eigenvalue weighted by atomic mass is 32.1. The van der Waals surface area contributed by atoms with Gasteiger partial charge in [0.15, 0.2) is 0 Å². The summed E-state index contributed by atoms with van der Waals surface area (Å²) in [6, 6.07) is 166. The number of nitrogens with zero attached hydrogens (tertiary/aromatic N) is 3. The number of anilines is 15. The molecule has 0 bridgehead atoms. The van der Waals surface area contributed by atoms with Crippen molar-refractivity contribution in [3.8, 4) is 44.5 Å². The average Bonchev–Trinajstić information content (AvgIpc) is 1.58. The van der Waals surface area contributed by atoms with Gasteiger partial charge < -0.3 is 35.1 Å². The monoisotopic (exact) mass is 1650 g/mol. The molecule has 0 unspecified atom stereocenters. The summed E-state index contributed by atoms with van der Waals surface area (Å²) in [5.74, 6) is 0. The lowest BCUT2D eigenvalue weighted by Crippen LogP contribution is -2.15. The minimum absolute atomic E-state index is 0.0348. The van der Waals surface area contributed by atoms with Gasteiger partial charge in [-0.1, -0.05) is 263 Å². The molecule has 0 saturated carbocycles. The van der Waals surface area contributed by atoms with Gasteiger partial charge in [-0.2, -0.15) is 0 Å². The molecule has 1 aliphatic carbocycles. The maximum absolute atomic E-state index is 6.42. The number of hydrogen-bond acceptors (Lipinski definition) is 9. The van der Waals surface area contributed by atoms with E-state index in [1.807, 2.05) is 34.8 Å². The Labute approximate surface area is 741 Å². The van der Waals surface area contributed by atoms with Crippen LogP contribution in [0.3, 0.4) is 0 Å². The van der Waals surface area contributed by atoms with Crippen molar-refractivity contribution in [1.29, 1.82) is 0 Å². The van der Waals surface area contributed by atoms with Crippen LogP contribution in [0.25, 0.3) is 107 Å². The number of hydrogen-bond donors (Lipinski definition) is 3. The van der Waals surface area contributed by atoms with Crippen LogP contribution in [0.1, 0.15) is 25.0 Å². The van der Waals surface area contributed by atoms with Crippen LogP contribution < -0.4 is 30.7 Å². The lowest BCUT2D eigenvalue weighted by molar-refractivity contribution is 0.660. The first-order valence-electron chi connectivity index (χ1n) is 42.7. The number of fused-ring (bicyclic) bond motifs is 12. The van der Waals surface area contributed by atoms with Gasteiger partial charge in [0.05, 0.1) is 0 Å². The highest BCUT2D eigenvalue weighted by molar-refractivity contribution is 7.26. The molecule has 9 heteroatoms. The van der Waals surface area contributed by atoms with Crippen LogP contribution in [-0.2, 0) is 5.41 Å². The first-order valence-corrected chi connectivity index (χ1v) is 44.4. The molecule has 7 nitrogen and oxygen atoms in total. The van der Waals surface area contributed by atoms with Gasteiger partial charge in [-0.3, -0.25) is 0 Å². The third-order valence-corrected chi connectivity index (χ3v) is 26.2. The van der Waals surface area contributed by atoms with Crippen molar-refractivity contribution in [2.45, 2.75) is 19.3 Å². The van der Waals surface area contributed by atoms with E-state index >= 15 is 0 Å². The van der Waals surface area contributed by atoms with Crippen LogP contribution >= 0.6 is 22.7 Å². The number of benzene rings is 19. The summed E-state index contributed by atoms with van der Waals surface area (Å²) in [6.07, 6.45) is 0. The molecule has 0 fully saturated rings. The van der Waals surface area contributed by atoms with Crippen molar-refractivity contribution >= 4 is 170 Å². The van der Waals surface area contributed by atoms with Gasteiger partial charge >= 0.3 is 0 Å². The molecule has 602 valence electrons. The second-order valence-corrected chi connectivity index (χ2v) is 34.4. The van der Waals surface area contributed by atoms with Gasteiger partial charge in [0, 0.05) is 142 Å². The van der Waals surface area contributed by atoms with Crippen molar-refractivity contribution in [1.82, 2.24) is 0 Å². The van der Waals surface area contributed by atoms with E-state index in [2.05, 4.69) is 499 Å². The van der Waals surface area contributed by atoms with E-state index in [4.69, 9.17) is 4.42 Å². The summed E-state index contributed by atoms with van der Waals surface area (Å²) in [6.45, 7) is 4.64. The molecule has 1 aliphatic rings. The molecule has 0 atom stereocenters. The van der Waals surface area contributed by atoms with E-state index in [0.717, 1.165) is 118 Å². The van der Waals surface area contributed by atoms with E-state index in [9.17, 15) is 0 Å². The zero-order valence-electron chi connectivity index (χ0n) is 69.5. The summed E-state index contributed by atoms with van der Waals surface area (Å²) >= 11 is 3.71. The molecule has 3 heterocycles. The lowest BCUT2D eigenvalue weighted by atomic mass is 9.82. The molecule has 0 spiro atoms. The Morgan fingerprint density at radius 2 is 0.595 bits per heavy atom. The van der Waals surface area contributed by atoms with Crippen molar-refractivity contribution < 1.29 is 4.42 Å². The van der Waals surface area contributed by atoms with Crippen molar-refractivity contribution in [3.05, 3.63) is 478 Å². The number of thiophene rings is 2. The Balaban J connectivity index is 0.000000116. The summed E-state index contributed by atoms with van der Waals surface area (Å²) in [5, 5.41) is 18.1. The van der Waals surface area contributed by atoms with Gasteiger partial charge in [-0.25, -0.2) is 0 Å². The van der Waals surface area contributed by atoms with Gasteiger partial charge in [-0.15, -0.1) is 22.7 Å². The van der Waals surface area contributed by atoms with Crippen LogP contribution in [0.5, 0.6) is 0 Å². The maximum atomic E-state index is 6.42. The number of rotatable bonds is 18.